The third kappa shape index (κ3) is 5.38. The van der Waals surface area contributed by atoms with Crippen LogP contribution >= 0.6 is 0 Å². The van der Waals surface area contributed by atoms with E-state index in [4.69, 9.17) is 9.84 Å². The van der Waals surface area contributed by atoms with Crippen LogP contribution in [-0.2, 0) is 4.74 Å². The SMILES string of the molecule is C/C=C/CC(O)O/C=C/C. The maximum Gasteiger partial charge on any atom is 0.199 e. The predicted molar refractivity (Wildman–Crippen MR) is 41.3 cm³/mol. The Morgan fingerprint density at radius 3 is 2.60 bits per heavy atom. The van der Waals surface area contributed by atoms with Crippen molar-refractivity contribution in [3.05, 3.63) is 24.5 Å². The summed E-state index contributed by atoms with van der Waals surface area (Å²) >= 11 is 0. The number of aliphatic hydroxyl groups excluding tert-OH is 1. The molecule has 0 spiro atoms. The van der Waals surface area contributed by atoms with Crippen LogP contribution in [0, 0.1) is 0 Å². The van der Waals surface area contributed by atoms with E-state index < -0.39 is 6.29 Å². The Labute approximate surface area is 61.8 Å². The van der Waals surface area contributed by atoms with Gasteiger partial charge in [-0.3, -0.25) is 0 Å². The maximum atomic E-state index is 8.99. The van der Waals surface area contributed by atoms with E-state index in [9.17, 15) is 0 Å². The summed E-state index contributed by atoms with van der Waals surface area (Å²) < 4.78 is 4.82. The molecule has 1 atom stereocenters. The average Bonchev–Trinajstić information content (AvgIpc) is 1.97. The third-order valence-corrected chi connectivity index (χ3v) is 0.945. The Morgan fingerprint density at radius 2 is 2.10 bits per heavy atom. The minimum absolute atomic E-state index is 0.543. The number of ether oxygens (including phenoxy) is 1. The minimum atomic E-state index is -0.701. The van der Waals surface area contributed by atoms with Crippen molar-refractivity contribution in [2.45, 2.75) is 26.6 Å². The van der Waals surface area contributed by atoms with Gasteiger partial charge in [-0.1, -0.05) is 18.2 Å². The predicted octanol–water partition coefficient (Wildman–Crippen LogP) is 1.82. The topological polar surface area (TPSA) is 29.5 Å². The van der Waals surface area contributed by atoms with Crippen LogP contribution in [0.3, 0.4) is 0 Å². The van der Waals surface area contributed by atoms with Crippen molar-refractivity contribution in [3.63, 3.8) is 0 Å². The third-order valence-electron chi connectivity index (χ3n) is 0.945. The number of aliphatic hydroxyl groups is 1. The fourth-order valence-electron chi connectivity index (χ4n) is 0.477. The highest BCUT2D eigenvalue weighted by atomic mass is 16.6. The molecular formula is C8H14O2. The summed E-state index contributed by atoms with van der Waals surface area (Å²) in [5, 5.41) is 8.99. The molecule has 0 heterocycles. The molecule has 0 aromatic carbocycles. The van der Waals surface area contributed by atoms with Crippen LogP contribution in [0.4, 0.5) is 0 Å². The zero-order valence-electron chi connectivity index (χ0n) is 6.45. The van der Waals surface area contributed by atoms with Crippen LogP contribution in [0.25, 0.3) is 0 Å². The van der Waals surface area contributed by atoms with E-state index in [1.807, 2.05) is 26.0 Å². The molecule has 0 aliphatic rings. The Bertz CT molecular complexity index is 102. The Balaban J connectivity index is 3.33. The van der Waals surface area contributed by atoms with Gasteiger partial charge in [0.2, 0.25) is 0 Å². The lowest BCUT2D eigenvalue weighted by atomic mass is 10.4. The van der Waals surface area contributed by atoms with Gasteiger partial charge in [-0.2, -0.15) is 0 Å². The van der Waals surface area contributed by atoms with Gasteiger partial charge in [0.05, 0.1) is 6.26 Å². The van der Waals surface area contributed by atoms with Gasteiger partial charge in [-0.25, -0.2) is 0 Å². The van der Waals surface area contributed by atoms with Gasteiger partial charge in [0, 0.05) is 6.42 Å². The van der Waals surface area contributed by atoms with Crippen molar-refractivity contribution >= 4 is 0 Å². The second-order valence-electron chi connectivity index (χ2n) is 1.86. The van der Waals surface area contributed by atoms with Crippen molar-refractivity contribution in [1.82, 2.24) is 0 Å². The highest BCUT2D eigenvalue weighted by Gasteiger charge is 1.95. The van der Waals surface area contributed by atoms with E-state index in [2.05, 4.69) is 0 Å². The van der Waals surface area contributed by atoms with Gasteiger partial charge in [0.1, 0.15) is 0 Å². The van der Waals surface area contributed by atoms with E-state index in [-0.39, 0.29) is 0 Å². The summed E-state index contributed by atoms with van der Waals surface area (Å²) in [5.41, 5.74) is 0. The molecule has 0 radical (unpaired) electrons. The van der Waals surface area contributed by atoms with Gasteiger partial charge < -0.3 is 9.84 Å². The fraction of sp³-hybridized carbons (Fsp3) is 0.500. The van der Waals surface area contributed by atoms with E-state index in [0.29, 0.717) is 6.42 Å². The summed E-state index contributed by atoms with van der Waals surface area (Å²) in [6.07, 6.45) is 6.79. The summed E-state index contributed by atoms with van der Waals surface area (Å²) in [4.78, 5) is 0. The number of allylic oxidation sites excluding steroid dienone is 2. The number of hydrogen-bond acceptors (Lipinski definition) is 2. The molecule has 2 heteroatoms. The zero-order valence-corrected chi connectivity index (χ0v) is 6.45. The first kappa shape index (κ1) is 9.24. The molecule has 1 N–H and O–H groups in total. The molecule has 0 aromatic heterocycles. The molecule has 0 amide bonds. The van der Waals surface area contributed by atoms with Crippen molar-refractivity contribution < 1.29 is 9.84 Å². The Kier molecular flexibility index (Phi) is 5.88. The highest BCUT2D eigenvalue weighted by Crippen LogP contribution is 1.95. The summed E-state index contributed by atoms with van der Waals surface area (Å²) in [5.74, 6) is 0. The van der Waals surface area contributed by atoms with Crippen molar-refractivity contribution in [2.75, 3.05) is 0 Å². The fourth-order valence-corrected chi connectivity index (χ4v) is 0.477. The molecule has 58 valence electrons. The standard InChI is InChI=1S/C8H14O2/c1-3-5-6-8(9)10-7-4-2/h3-5,7-9H,6H2,1-2H3/b5-3+,7-4+. The van der Waals surface area contributed by atoms with Gasteiger partial charge in [0.15, 0.2) is 6.29 Å². The molecule has 1 unspecified atom stereocenters. The van der Waals surface area contributed by atoms with Crippen LogP contribution in [0.15, 0.2) is 24.5 Å². The zero-order chi connectivity index (χ0) is 7.82. The van der Waals surface area contributed by atoms with Crippen molar-refractivity contribution in [2.24, 2.45) is 0 Å². The average molecular weight is 142 g/mol. The first-order valence-electron chi connectivity index (χ1n) is 3.37. The van der Waals surface area contributed by atoms with Gasteiger partial charge in [0.25, 0.3) is 0 Å². The second-order valence-corrected chi connectivity index (χ2v) is 1.86. The lowest BCUT2D eigenvalue weighted by molar-refractivity contribution is -0.0476. The van der Waals surface area contributed by atoms with Crippen LogP contribution < -0.4 is 0 Å². The molecule has 0 saturated carbocycles. The monoisotopic (exact) mass is 142 g/mol. The van der Waals surface area contributed by atoms with E-state index in [1.165, 1.54) is 6.26 Å². The quantitative estimate of drug-likeness (QED) is 0.368. The normalized spacial score (nSPS) is 14.7. The Morgan fingerprint density at radius 1 is 1.40 bits per heavy atom. The summed E-state index contributed by atoms with van der Waals surface area (Å²) in [7, 11) is 0. The smallest absolute Gasteiger partial charge is 0.199 e. The van der Waals surface area contributed by atoms with Crippen LogP contribution in [0.5, 0.6) is 0 Å². The van der Waals surface area contributed by atoms with Crippen LogP contribution in [-0.4, -0.2) is 11.4 Å². The number of rotatable bonds is 4. The van der Waals surface area contributed by atoms with Gasteiger partial charge >= 0.3 is 0 Å². The molecule has 10 heavy (non-hydrogen) atoms. The molecule has 0 aliphatic carbocycles. The van der Waals surface area contributed by atoms with E-state index >= 15 is 0 Å². The number of hydrogen-bond donors (Lipinski definition) is 1. The summed E-state index contributed by atoms with van der Waals surface area (Å²) in [6, 6.07) is 0. The van der Waals surface area contributed by atoms with E-state index in [0.717, 1.165) is 0 Å². The van der Waals surface area contributed by atoms with Crippen molar-refractivity contribution in [1.29, 1.82) is 0 Å². The van der Waals surface area contributed by atoms with Gasteiger partial charge in [-0.05, 0) is 13.8 Å². The molecule has 0 aliphatic heterocycles. The maximum absolute atomic E-state index is 8.99. The Hall–Kier alpha value is -0.760. The molecule has 0 fully saturated rings. The largest absolute Gasteiger partial charge is 0.473 e. The van der Waals surface area contributed by atoms with Crippen LogP contribution in [0.1, 0.15) is 20.3 Å². The van der Waals surface area contributed by atoms with E-state index in [1.54, 1.807) is 6.08 Å². The highest BCUT2D eigenvalue weighted by molar-refractivity contribution is 4.78. The molecule has 0 saturated heterocycles. The molecule has 0 aromatic rings. The lowest BCUT2D eigenvalue weighted by Gasteiger charge is -2.05. The molecule has 2 nitrogen and oxygen atoms in total. The minimum Gasteiger partial charge on any atom is -0.473 e. The summed E-state index contributed by atoms with van der Waals surface area (Å²) in [6.45, 7) is 3.74. The molecule has 0 rings (SSSR count). The first-order chi connectivity index (χ1) is 4.81. The molecular weight excluding hydrogens is 128 g/mol. The van der Waals surface area contributed by atoms with Crippen LogP contribution in [0.2, 0.25) is 0 Å². The molecule has 0 bridgehead atoms. The van der Waals surface area contributed by atoms with Gasteiger partial charge in [-0.15, -0.1) is 0 Å². The lowest BCUT2D eigenvalue weighted by Crippen LogP contribution is -2.05. The first-order valence-corrected chi connectivity index (χ1v) is 3.37. The second kappa shape index (κ2) is 6.36. The van der Waals surface area contributed by atoms with Crippen molar-refractivity contribution in [3.8, 4) is 0 Å².